The number of benzene rings is 2. The monoisotopic (exact) mass is 399 g/mol. The molecule has 2 aromatic carbocycles. The van der Waals surface area contributed by atoms with E-state index in [0.29, 0.717) is 34.8 Å². The van der Waals surface area contributed by atoms with Crippen LogP contribution in [0.15, 0.2) is 42.6 Å². The second-order valence-electron chi connectivity index (χ2n) is 6.12. The van der Waals surface area contributed by atoms with Gasteiger partial charge in [0.25, 0.3) is 0 Å². The first-order chi connectivity index (χ1) is 13.6. The summed E-state index contributed by atoms with van der Waals surface area (Å²) in [4.78, 5) is 4.43. The van der Waals surface area contributed by atoms with Crippen molar-refractivity contribution in [2.75, 3.05) is 31.4 Å². The van der Waals surface area contributed by atoms with Crippen LogP contribution in [-0.4, -0.2) is 35.9 Å². The number of rotatable bonds is 8. The molecule has 0 bridgehead atoms. The number of methoxy groups -OCH3 is 2. The molecule has 0 aliphatic carbocycles. The first kappa shape index (κ1) is 19.7. The van der Waals surface area contributed by atoms with Gasteiger partial charge in [-0.3, -0.25) is 0 Å². The number of hydrogen-bond acceptors (Lipinski definition) is 7. The maximum Gasteiger partial charge on any atom is 0.249 e. The van der Waals surface area contributed by atoms with Crippen LogP contribution in [0, 0.1) is 6.92 Å². The lowest BCUT2D eigenvalue weighted by Gasteiger charge is -2.11. The summed E-state index contributed by atoms with van der Waals surface area (Å²) in [5.74, 6) is 2.46. The Kier molecular flexibility index (Phi) is 6.49. The number of aromatic nitrogens is 3. The molecule has 7 nitrogen and oxygen atoms in total. The molecule has 3 rings (SSSR count). The molecule has 0 radical (unpaired) electrons. The molecule has 2 N–H and O–H groups in total. The minimum atomic E-state index is 0.399. The highest BCUT2D eigenvalue weighted by molar-refractivity contribution is 6.31. The van der Waals surface area contributed by atoms with Crippen LogP contribution in [0.5, 0.6) is 11.5 Å². The Morgan fingerprint density at radius 1 is 1.04 bits per heavy atom. The Bertz CT molecular complexity index is 952. The Labute approximate surface area is 169 Å². The summed E-state index contributed by atoms with van der Waals surface area (Å²) in [6.45, 7) is 2.64. The lowest BCUT2D eigenvalue weighted by Crippen LogP contribution is -2.09. The van der Waals surface area contributed by atoms with E-state index < -0.39 is 0 Å². The third-order valence-electron chi connectivity index (χ3n) is 4.15. The second-order valence-corrected chi connectivity index (χ2v) is 6.53. The highest BCUT2D eigenvalue weighted by Crippen LogP contribution is 2.27. The van der Waals surface area contributed by atoms with Crippen LogP contribution in [0.25, 0.3) is 0 Å². The highest BCUT2D eigenvalue weighted by atomic mass is 35.5. The molecule has 3 aromatic rings. The summed E-state index contributed by atoms with van der Waals surface area (Å²) in [7, 11) is 3.25. The molecule has 0 aliphatic heterocycles. The van der Waals surface area contributed by atoms with Crippen LogP contribution >= 0.6 is 11.6 Å². The molecule has 8 heteroatoms. The molecule has 0 fully saturated rings. The van der Waals surface area contributed by atoms with Crippen LogP contribution in [0.4, 0.5) is 17.5 Å². The van der Waals surface area contributed by atoms with Crippen LogP contribution in [0.2, 0.25) is 5.02 Å². The number of anilines is 3. The van der Waals surface area contributed by atoms with Gasteiger partial charge in [-0.15, -0.1) is 5.10 Å². The predicted octanol–water partition coefficient (Wildman–Crippen LogP) is 4.25. The van der Waals surface area contributed by atoms with Crippen LogP contribution in [0.1, 0.15) is 11.1 Å². The van der Waals surface area contributed by atoms with Crippen LogP contribution < -0.4 is 20.1 Å². The minimum absolute atomic E-state index is 0.399. The zero-order valence-corrected chi connectivity index (χ0v) is 16.7. The van der Waals surface area contributed by atoms with Crippen molar-refractivity contribution in [2.45, 2.75) is 13.3 Å². The quantitative estimate of drug-likeness (QED) is 0.586. The standard InChI is InChI=1S/C20H22ClN5O2/c1-13-4-6-15(11-16(13)21)24-20-25-19(12-23-26-20)22-9-8-14-5-7-17(27-2)18(10-14)28-3/h4-7,10-12H,8-9H2,1-3H3,(H2,22,24,25,26). The first-order valence-corrected chi connectivity index (χ1v) is 9.14. The Morgan fingerprint density at radius 2 is 1.86 bits per heavy atom. The topological polar surface area (TPSA) is 81.2 Å². The second kappa shape index (κ2) is 9.23. The molecule has 146 valence electrons. The SMILES string of the molecule is COc1ccc(CCNc2cnnc(Nc3ccc(C)c(Cl)c3)n2)cc1OC. The van der Waals surface area contributed by atoms with Gasteiger partial charge in [-0.1, -0.05) is 23.7 Å². The molecule has 0 atom stereocenters. The number of aryl methyl sites for hydroxylation is 1. The summed E-state index contributed by atoms with van der Waals surface area (Å²) in [5, 5.41) is 15.0. The molecule has 0 saturated heterocycles. The van der Waals surface area contributed by atoms with Gasteiger partial charge < -0.3 is 20.1 Å². The van der Waals surface area contributed by atoms with Crippen LogP contribution in [0.3, 0.4) is 0 Å². The van der Waals surface area contributed by atoms with E-state index >= 15 is 0 Å². The lowest BCUT2D eigenvalue weighted by molar-refractivity contribution is 0.354. The van der Waals surface area contributed by atoms with E-state index in [1.165, 1.54) is 0 Å². The molecule has 0 unspecified atom stereocenters. The van der Waals surface area contributed by atoms with Gasteiger partial charge in [-0.25, -0.2) is 0 Å². The van der Waals surface area contributed by atoms with E-state index in [9.17, 15) is 0 Å². The lowest BCUT2D eigenvalue weighted by atomic mass is 10.1. The molecule has 1 heterocycles. The van der Waals surface area contributed by atoms with Crippen LogP contribution in [-0.2, 0) is 6.42 Å². The maximum absolute atomic E-state index is 6.15. The third-order valence-corrected chi connectivity index (χ3v) is 4.56. The maximum atomic E-state index is 6.15. The molecule has 0 saturated carbocycles. The Balaban J connectivity index is 1.59. The molecular formula is C20H22ClN5O2. The highest BCUT2D eigenvalue weighted by Gasteiger charge is 2.06. The van der Waals surface area contributed by atoms with Crippen molar-refractivity contribution in [1.29, 1.82) is 0 Å². The van der Waals surface area contributed by atoms with E-state index in [0.717, 1.165) is 23.2 Å². The molecule has 0 aliphatic rings. The van der Waals surface area contributed by atoms with E-state index in [-0.39, 0.29) is 0 Å². The van der Waals surface area contributed by atoms with E-state index in [1.54, 1.807) is 20.4 Å². The fraction of sp³-hybridized carbons (Fsp3) is 0.250. The van der Waals surface area contributed by atoms with E-state index in [4.69, 9.17) is 21.1 Å². The molecule has 0 spiro atoms. The molecule has 28 heavy (non-hydrogen) atoms. The van der Waals surface area contributed by atoms with E-state index in [2.05, 4.69) is 25.8 Å². The minimum Gasteiger partial charge on any atom is -0.493 e. The number of nitrogens with one attached hydrogen (secondary N) is 2. The van der Waals surface area contributed by atoms with Crippen molar-refractivity contribution >= 4 is 29.1 Å². The normalized spacial score (nSPS) is 10.4. The van der Waals surface area contributed by atoms with Crippen molar-refractivity contribution in [3.05, 3.63) is 58.7 Å². The zero-order valence-electron chi connectivity index (χ0n) is 16.0. The fourth-order valence-corrected chi connectivity index (χ4v) is 2.79. The average molecular weight is 400 g/mol. The fourth-order valence-electron chi connectivity index (χ4n) is 2.61. The number of nitrogens with zero attached hydrogens (tertiary/aromatic N) is 3. The summed E-state index contributed by atoms with van der Waals surface area (Å²) in [6.07, 6.45) is 2.38. The molecule has 0 amide bonds. The molecular weight excluding hydrogens is 378 g/mol. The average Bonchev–Trinajstić information content (AvgIpc) is 2.71. The van der Waals surface area contributed by atoms with Crippen molar-refractivity contribution < 1.29 is 9.47 Å². The smallest absolute Gasteiger partial charge is 0.249 e. The Morgan fingerprint density at radius 3 is 2.61 bits per heavy atom. The summed E-state index contributed by atoms with van der Waals surface area (Å²) >= 11 is 6.15. The largest absolute Gasteiger partial charge is 0.493 e. The summed E-state index contributed by atoms with van der Waals surface area (Å²) < 4.78 is 10.6. The van der Waals surface area contributed by atoms with Gasteiger partial charge in [0.2, 0.25) is 5.95 Å². The van der Waals surface area contributed by atoms with Crippen molar-refractivity contribution in [1.82, 2.24) is 15.2 Å². The van der Waals surface area contributed by atoms with Crippen molar-refractivity contribution in [3.63, 3.8) is 0 Å². The van der Waals surface area contributed by atoms with Gasteiger partial charge >= 0.3 is 0 Å². The zero-order chi connectivity index (χ0) is 19.9. The molecule has 1 aromatic heterocycles. The van der Waals surface area contributed by atoms with Gasteiger partial charge in [0, 0.05) is 17.3 Å². The van der Waals surface area contributed by atoms with Crippen molar-refractivity contribution in [2.24, 2.45) is 0 Å². The van der Waals surface area contributed by atoms with E-state index in [1.807, 2.05) is 43.3 Å². The van der Waals surface area contributed by atoms with Crippen molar-refractivity contribution in [3.8, 4) is 11.5 Å². The summed E-state index contributed by atoms with van der Waals surface area (Å²) in [5.41, 5.74) is 2.94. The van der Waals surface area contributed by atoms with Gasteiger partial charge in [-0.05, 0) is 48.7 Å². The van der Waals surface area contributed by atoms with Gasteiger partial charge in [0.1, 0.15) is 0 Å². The number of hydrogen-bond donors (Lipinski definition) is 2. The number of halogens is 1. The third kappa shape index (κ3) is 5.01. The van der Waals surface area contributed by atoms with Gasteiger partial charge in [-0.2, -0.15) is 10.1 Å². The predicted molar refractivity (Wildman–Crippen MR) is 111 cm³/mol. The Hall–Kier alpha value is -3.06. The van der Waals surface area contributed by atoms with Gasteiger partial charge in [0.15, 0.2) is 17.3 Å². The first-order valence-electron chi connectivity index (χ1n) is 8.76. The number of ether oxygens (including phenoxy) is 2. The summed E-state index contributed by atoms with van der Waals surface area (Å²) in [6, 6.07) is 11.6. The van der Waals surface area contributed by atoms with Gasteiger partial charge in [0.05, 0.1) is 20.4 Å².